The Hall–Kier alpha value is -3.28. The van der Waals surface area contributed by atoms with Gasteiger partial charge in [0, 0.05) is 18.0 Å². The third kappa shape index (κ3) is 3.69. The highest BCUT2D eigenvalue weighted by molar-refractivity contribution is 6.04. The summed E-state index contributed by atoms with van der Waals surface area (Å²) in [6, 6.07) is 7.69. The zero-order valence-electron chi connectivity index (χ0n) is 15.0. The van der Waals surface area contributed by atoms with Crippen LogP contribution in [0.15, 0.2) is 49.1 Å². The van der Waals surface area contributed by atoms with E-state index in [-0.39, 0.29) is 5.91 Å². The monoisotopic (exact) mass is 348 g/mol. The van der Waals surface area contributed by atoms with Gasteiger partial charge in [-0.2, -0.15) is 0 Å². The zero-order valence-corrected chi connectivity index (χ0v) is 15.0. The van der Waals surface area contributed by atoms with Crippen LogP contribution in [0.2, 0.25) is 0 Å². The summed E-state index contributed by atoms with van der Waals surface area (Å²) in [5.74, 6) is 0.902. The molecule has 0 saturated heterocycles. The first kappa shape index (κ1) is 17.5. The van der Waals surface area contributed by atoms with Crippen molar-refractivity contribution in [3.63, 3.8) is 0 Å². The van der Waals surface area contributed by atoms with Crippen molar-refractivity contribution in [1.29, 1.82) is 0 Å². The van der Waals surface area contributed by atoms with E-state index in [2.05, 4.69) is 27.2 Å². The van der Waals surface area contributed by atoms with Crippen LogP contribution in [-0.2, 0) is 6.42 Å². The molecule has 1 aromatic carbocycles. The fourth-order valence-electron chi connectivity index (χ4n) is 2.65. The van der Waals surface area contributed by atoms with Crippen LogP contribution in [0.1, 0.15) is 28.4 Å². The third-order valence-corrected chi connectivity index (χ3v) is 4.15. The predicted octanol–water partition coefficient (Wildman–Crippen LogP) is 3.67. The van der Waals surface area contributed by atoms with Gasteiger partial charge in [-0.1, -0.05) is 13.0 Å². The first-order valence-corrected chi connectivity index (χ1v) is 8.33. The van der Waals surface area contributed by atoms with E-state index in [1.165, 1.54) is 6.20 Å². The Balaban J connectivity index is 1.83. The Bertz CT molecular complexity index is 923. The molecule has 0 aliphatic carbocycles. The number of nitrogens with zero attached hydrogens (tertiary/aromatic N) is 3. The van der Waals surface area contributed by atoms with Crippen LogP contribution in [0.5, 0.6) is 5.75 Å². The summed E-state index contributed by atoms with van der Waals surface area (Å²) in [7, 11) is 1.63. The van der Waals surface area contributed by atoms with E-state index in [1.807, 2.05) is 25.1 Å². The van der Waals surface area contributed by atoms with Crippen LogP contribution in [0.25, 0.3) is 11.3 Å². The van der Waals surface area contributed by atoms with Gasteiger partial charge in [0.2, 0.25) is 0 Å². The number of ether oxygens (including phenoxy) is 1. The highest BCUT2D eigenvalue weighted by Crippen LogP contribution is 2.27. The van der Waals surface area contributed by atoms with Gasteiger partial charge in [-0.05, 0) is 42.7 Å². The lowest BCUT2D eigenvalue weighted by Crippen LogP contribution is -2.14. The Morgan fingerprint density at radius 3 is 2.65 bits per heavy atom. The summed E-state index contributed by atoms with van der Waals surface area (Å²) in [4.78, 5) is 25.1. The minimum Gasteiger partial charge on any atom is -0.497 e. The Kier molecular flexibility index (Phi) is 5.22. The summed E-state index contributed by atoms with van der Waals surface area (Å²) < 4.78 is 5.30. The fourth-order valence-corrected chi connectivity index (χ4v) is 2.65. The molecule has 0 bridgehead atoms. The van der Waals surface area contributed by atoms with Crippen molar-refractivity contribution in [2.75, 3.05) is 12.4 Å². The average molecular weight is 348 g/mol. The number of aryl methyl sites for hydroxylation is 2. The average Bonchev–Trinajstić information content (AvgIpc) is 2.68. The second-order valence-electron chi connectivity index (χ2n) is 5.81. The number of benzene rings is 1. The number of methoxy groups -OCH3 is 1. The first-order valence-electron chi connectivity index (χ1n) is 8.33. The van der Waals surface area contributed by atoms with Gasteiger partial charge in [-0.15, -0.1) is 0 Å². The number of hydrogen-bond donors (Lipinski definition) is 1. The van der Waals surface area contributed by atoms with Gasteiger partial charge in [0.1, 0.15) is 5.75 Å². The Morgan fingerprint density at radius 2 is 2.00 bits per heavy atom. The van der Waals surface area contributed by atoms with E-state index in [0.29, 0.717) is 11.4 Å². The van der Waals surface area contributed by atoms with Crippen LogP contribution < -0.4 is 10.1 Å². The maximum absolute atomic E-state index is 12.3. The minimum atomic E-state index is -0.256. The lowest BCUT2D eigenvalue weighted by molar-refractivity contribution is 0.102. The van der Waals surface area contributed by atoms with Crippen molar-refractivity contribution in [3.05, 3.63) is 65.7 Å². The summed E-state index contributed by atoms with van der Waals surface area (Å²) in [6.07, 6.45) is 7.27. The van der Waals surface area contributed by atoms with E-state index in [4.69, 9.17) is 4.74 Å². The molecule has 3 aromatic rings. The summed E-state index contributed by atoms with van der Waals surface area (Å²) in [6.45, 7) is 3.95. The molecule has 0 unspecified atom stereocenters. The predicted molar refractivity (Wildman–Crippen MR) is 100 cm³/mol. The van der Waals surface area contributed by atoms with Crippen molar-refractivity contribution in [1.82, 2.24) is 15.0 Å². The van der Waals surface area contributed by atoms with Gasteiger partial charge in [0.25, 0.3) is 5.91 Å². The molecular weight excluding hydrogens is 328 g/mol. The summed E-state index contributed by atoms with van der Waals surface area (Å²) in [5.41, 5.74) is 4.23. The Labute approximate surface area is 152 Å². The number of nitrogens with one attached hydrogen (secondary N) is 1. The molecule has 6 nitrogen and oxygen atoms in total. The smallest absolute Gasteiger partial charge is 0.258 e. The molecule has 0 saturated carbocycles. The molecule has 1 N–H and O–H groups in total. The molecule has 132 valence electrons. The Morgan fingerprint density at radius 1 is 1.15 bits per heavy atom. The number of hydrogen-bond acceptors (Lipinski definition) is 5. The minimum absolute atomic E-state index is 0.256. The fraction of sp³-hybridized carbons (Fsp3) is 0.200. The van der Waals surface area contributed by atoms with Crippen molar-refractivity contribution < 1.29 is 9.53 Å². The van der Waals surface area contributed by atoms with Gasteiger partial charge in [-0.3, -0.25) is 14.8 Å². The number of anilines is 1. The molecule has 1 amide bonds. The number of rotatable bonds is 5. The lowest BCUT2D eigenvalue weighted by Gasteiger charge is -2.10. The molecule has 26 heavy (non-hydrogen) atoms. The van der Waals surface area contributed by atoms with Crippen molar-refractivity contribution >= 4 is 11.7 Å². The molecule has 0 fully saturated rings. The molecule has 0 aliphatic rings. The molecule has 2 aromatic heterocycles. The SMILES string of the molecule is CCc1ccc(OC)cc1-c1cnc(NC(=O)c2cnccc2C)cn1. The van der Waals surface area contributed by atoms with Crippen molar-refractivity contribution in [3.8, 4) is 17.0 Å². The first-order chi connectivity index (χ1) is 12.6. The van der Waals surface area contributed by atoms with E-state index in [9.17, 15) is 4.79 Å². The number of amides is 1. The van der Waals surface area contributed by atoms with E-state index >= 15 is 0 Å². The summed E-state index contributed by atoms with van der Waals surface area (Å²) in [5, 5.41) is 2.75. The number of carbonyl (C=O) groups is 1. The molecule has 2 heterocycles. The van der Waals surface area contributed by atoms with E-state index in [0.717, 1.165) is 34.6 Å². The molecule has 6 heteroatoms. The molecule has 3 rings (SSSR count). The van der Waals surface area contributed by atoms with Crippen LogP contribution in [0, 0.1) is 6.92 Å². The number of carbonyl (C=O) groups excluding carboxylic acids is 1. The molecule has 0 radical (unpaired) electrons. The van der Waals surface area contributed by atoms with Gasteiger partial charge in [0.15, 0.2) is 5.82 Å². The van der Waals surface area contributed by atoms with E-state index in [1.54, 1.807) is 31.8 Å². The largest absolute Gasteiger partial charge is 0.497 e. The van der Waals surface area contributed by atoms with Crippen LogP contribution in [0.4, 0.5) is 5.82 Å². The van der Waals surface area contributed by atoms with Crippen LogP contribution >= 0.6 is 0 Å². The maximum atomic E-state index is 12.3. The van der Waals surface area contributed by atoms with E-state index < -0.39 is 0 Å². The standard InChI is InChI=1S/C20H20N4O2/c1-4-14-5-6-15(26-3)9-16(14)18-11-23-19(12-22-18)24-20(25)17-10-21-8-7-13(17)2/h5-12H,4H2,1-3H3,(H,23,24,25). The quantitative estimate of drug-likeness (QED) is 0.761. The topological polar surface area (TPSA) is 77.0 Å². The normalized spacial score (nSPS) is 10.4. The maximum Gasteiger partial charge on any atom is 0.258 e. The van der Waals surface area contributed by atoms with Crippen molar-refractivity contribution in [2.45, 2.75) is 20.3 Å². The van der Waals surface area contributed by atoms with Crippen LogP contribution in [-0.4, -0.2) is 28.0 Å². The molecule has 0 spiro atoms. The van der Waals surface area contributed by atoms with Crippen molar-refractivity contribution in [2.24, 2.45) is 0 Å². The second kappa shape index (κ2) is 7.74. The van der Waals surface area contributed by atoms with Gasteiger partial charge < -0.3 is 10.1 Å². The molecular formula is C20H20N4O2. The van der Waals surface area contributed by atoms with Crippen LogP contribution in [0.3, 0.4) is 0 Å². The number of pyridine rings is 1. The van der Waals surface area contributed by atoms with Gasteiger partial charge in [0.05, 0.1) is 30.8 Å². The lowest BCUT2D eigenvalue weighted by atomic mass is 10.0. The third-order valence-electron chi connectivity index (χ3n) is 4.15. The summed E-state index contributed by atoms with van der Waals surface area (Å²) >= 11 is 0. The highest BCUT2D eigenvalue weighted by Gasteiger charge is 2.12. The number of aromatic nitrogens is 3. The van der Waals surface area contributed by atoms with Gasteiger partial charge >= 0.3 is 0 Å². The molecule has 0 aliphatic heterocycles. The van der Waals surface area contributed by atoms with Gasteiger partial charge in [-0.25, -0.2) is 4.98 Å². The highest BCUT2D eigenvalue weighted by atomic mass is 16.5. The second-order valence-corrected chi connectivity index (χ2v) is 5.81. The molecule has 0 atom stereocenters. The zero-order chi connectivity index (χ0) is 18.5.